The molecule has 0 fully saturated rings. The number of hydrazone groups is 1. The lowest BCUT2D eigenvalue weighted by molar-refractivity contribution is -0.118. The molecule has 2 N–H and O–H groups in total. The summed E-state index contributed by atoms with van der Waals surface area (Å²) in [6, 6.07) is 20.5. The molecule has 3 rings (SSSR count). The molecule has 7 nitrogen and oxygen atoms in total. The van der Waals surface area contributed by atoms with Crippen LogP contribution in [-0.4, -0.2) is 31.7 Å². The number of hydrogen-bond donors (Lipinski definition) is 2. The monoisotopic (exact) mass is 437 g/mol. The van der Waals surface area contributed by atoms with E-state index in [4.69, 9.17) is 21.1 Å². The maximum atomic E-state index is 12.2. The van der Waals surface area contributed by atoms with Gasteiger partial charge in [-0.05, 0) is 54.6 Å². The van der Waals surface area contributed by atoms with Crippen molar-refractivity contribution in [3.63, 3.8) is 0 Å². The molecule has 3 aromatic carbocycles. The summed E-state index contributed by atoms with van der Waals surface area (Å²) >= 11 is 6.05. The van der Waals surface area contributed by atoms with E-state index in [0.29, 0.717) is 33.3 Å². The van der Waals surface area contributed by atoms with E-state index in [9.17, 15) is 9.59 Å². The van der Waals surface area contributed by atoms with Crippen LogP contribution in [0.3, 0.4) is 0 Å². The zero-order valence-corrected chi connectivity index (χ0v) is 17.4. The first-order valence-electron chi connectivity index (χ1n) is 9.30. The smallest absolute Gasteiger partial charge is 0.271 e. The van der Waals surface area contributed by atoms with Gasteiger partial charge in [0.2, 0.25) is 0 Å². The summed E-state index contributed by atoms with van der Waals surface area (Å²) in [6.07, 6.45) is 1.41. The second kappa shape index (κ2) is 10.8. The molecule has 0 aliphatic carbocycles. The van der Waals surface area contributed by atoms with Crippen molar-refractivity contribution < 1.29 is 19.1 Å². The number of hydrogen-bond acceptors (Lipinski definition) is 5. The highest BCUT2D eigenvalue weighted by atomic mass is 35.5. The molecule has 3 aromatic rings. The number of carbonyl (C=O) groups is 2. The second-order valence-corrected chi connectivity index (χ2v) is 6.75. The van der Waals surface area contributed by atoms with Gasteiger partial charge in [-0.25, -0.2) is 5.43 Å². The largest absolute Gasteiger partial charge is 0.497 e. The van der Waals surface area contributed by atoms with Crippen LogP contribution in [0.1, 0.15) is 15.9 Å². The summed E-state index contributed by atoms with van der Waals surface area (Å²) in [5, 5.41) is 7.15. The third-order valence-electron chi connectivity index (χ3n) is 4.11. The zero-order chi connectivity index (χ0) is 22.1. The number of carbonyl (C=O) groups excluding carboxylic acids is 2. The summed E-state index contributed by atoms with van der Waals surface area (Å²) in [4.78, 5) is 24.3. The van der Waals surface area contributed by atoms with Crippen LogP contribution in [0.15, 0.2) is 77.9 Å². The molecule has 0 saturated carbocycles. The van der Waals surface area contributed by atoms with Crippen LogP contribution in [0, 0.1) is 0 Å². The van der Waals surface area contributed by atoms with Crippen molar-refractivity contribution >= 4 is 35.3 Å². The molecule has 31 heavy (non-hydrogen) atoms. The van der Waals surface area contributed by atoms with Crippen molar-refractivity contribution in [1.82, 2.24) is 5.43 Å². The van der Waals surface area contributed by atoms with Crippen molar-refractivity contribution in [1.29, 1.82) is 0 Å². The van der Waals surface area contributed by atoms with Gasteiger partial charge < -0.3 is 14.8 Å². The number of anilines is 1. The van der Waals surface area contributed by atoms with Gasteiger partial charge in [-0.3, -0.25) is 9.59 Å². The summed E-state index contributed by atoms with van der Waals surface area (Å²) in [5.41, 5.74) is 4.06. The lowest BCUT2D eigenvalue weighted by Gasteiger charge is -2.10. The highest BCUT2D eigenvalue weighted by molar-refractivity contribution is 6.30. The Morgan fingerprint density at radius 1 is 1.03 bits per heavy atom. The third-order valence-corrected chi connectivity index (χ3v) is 4.35. The molecule has 8 heteroatoms. The van der Waals surface area contributed by atoms with Crippen LogP contribution in [0.2, 0.25) is 5.02 Å². The molecule has 0 unspecified atom stereocenters. The quantitative estimate of drug-likeness (QED) is 0.409. The van der Waals surface area contributed by atoms with Crippen molar-refractivity contribution in [2.75, 3.05) is 19.0 Å². The maximum Gasteiger partial charge on any atom is 0.271 e. The van der Waals surface area contributed by atoms with Gasteiger partial charge in [0.15, 0.2) is 6.61 Å². The van der Waals surface area contributed by atoms with E-state index in [1.165, 1.54) is 6.21 Å². The Hall–Kier alpha value is -3.84. The number of methoxy groups -OCH3 is 1. The fourth-order valence-electron chi connectivity index (χ4n) is 2.58. The van der Waals surface area contributed by atoms with Gasteiger partial charge in [0.25, 0.3) is 11.8 Å². The average molecular weight is 438 g/mol. The van der Waals surface area contributed by atoms with Crippen LogP contribution in [0.5, 0.6) is 11.5 Å². The lowest BCUT2D eigenvalue weighted by Crippen LogP contribution is -2.20. The summed E-state index contributed by atoms with van der Waals surface area (Å²) in [7, 11) is 1.57. The highest BCUT2D eigenvalue weighted by Gasteiger charge is 2.08. The fraction of sp³-hybridized carbons (Fsp3) is 0.0870. The number of nitrogens with one attached hydrogen (secondary N) is 2. The molecule has 2 amide bonds. The Morgan fingerprint density at radius 3 is 2.48 bits per heavy atom. The molecule has 0 heterocycles. The Balaban J connectivity index is 1.59. The molecule has 0 aliphatic heterocycles. The summed E-state index contributed by atoms with van der Waals surface area (Å²) in [6.45, 7) is -0.217. The minimum Gasteiger partial charge on any atom is -0.497 e. The average Bonchev–Trinajstić information content (AvgIpc) is 2.79. The molecule has 0 aromatic heterocycles. The van der Waals surface area contributed by atoms with E-state index >= 15 is 0 Å². The first-order valence-corrected chi connectivity index (χ1v) is 9.67. The van der Waals surface area contributed by atoms with Crippen molar-refractivity contribution in [3.05, 3.63) is 88.9 Å². The molecular weight excluding hydrogens is 418 g/mol. The standard InChI is InChI=1S/C23H20ClN3O4/c1-30-20-10-8-19(9-11-20)26-22(28)15-31-21-12-7-18(24)13-17(21)14-25-27-23(29)16-5-3-2-4-6-16/h2-14H,15H2,1H3,(H,26,28)(H,27,29). The van der Waals surface area contributed by atoms with Crippen molar-refractivity contribution in [3.8, 4) is 11.5 Å². The van der Waals surface area contributed by atoms with Crippen LogP contribution in [0.25, 0.3) is 0 Å². The predicted molar refractivity (Wildman–Crippen MR) is 120 cm³/mol. The van der Waals surface area contributed by atoms with E-state index in [1.807, 2.05) is 6.07 Å². The van der Waals surface area contributed by atoms with Gasteiger partial charge in [-0.2, -0.15) is 5.10 Å². The number of ether oxygens (including phenoxy) is 2. The number of nitrogens with zero attached hydrogens (tertiary/aromatic N) is 1. The van der Waals surface area contributed by atoms with Crippen LogP contribution in [-0.2, 0) is 4.79 Å². The van der Waals surface area contributed by atoms with Crippen LogP contribution < -0.4 is 20.2 Å². The first kappa shape index (κ1) is 21.9. The Bertz CT molecular complexity index is 1070. The number of amides is 2. The van der Waals surface area contributed by atoms with Crippen molar-refractivity contribution in [2.45, 2.75) is 0 Å². The molecule has 0 spiro atoms. The summed E-state index contributed by atoms with van der Waals surface area (Å²) in [5.74, 6) is 0.409. The van der Waals surface area contributed by atoms with Gasteiger partial charge in [-0.15, -0.1) is 0 Å². The molecule has 0 bridgehead atoms. The van der Waals surface area contributed by atoms with E-state index in [1.54, 1.807) is 73.8 Å². The van der Waals surface area contributed by atoms with Gasteiger partial charge >= 0.3 is 0 Å². The Morgan fingerprint density at radius 2 is 1.77 bits per heavy atom. The predicted octanol–water partition coefficient (Wildman–Crippen LogP) is 4.13. The summed E-state index contributed by atoms with van der Waals surface area (Å²) < 4.78 is 10.7. The van der Waals surface area contributed by atoms with Gasteiger partial charge in [-0.1, -0.05) is 29.8 Å². The highest BCUT2D eigenvalue weighted by Crippen LogP contribution is 2.22. The topological polar surface area (TPSA) is 89.0 Å². The number of rotatable bonds is 8. The van der Waals surface area contributed by atoms with E-state index in [2.05, 4.69) is 15.8 Å². The Labute approximate surface area is 184 Å². The van der Waals surface area contributed by atoms with Crippen molar-refractivity contribution in [2.24, 2.45) is 5.10 Å². The molecule has 0 aliphatic rings. The van der Waals surface area contributed by atoms with Gasteiger partial charge in [0.1, 0.15) is 11.5 Å². The third kappa shape index (κ3) is 6.58. The minimum atomic E-state index is -0.347. The fourth-order valence-corrected chi connectivity index (χ4v) is 2.76. The molecule has 0 atom stereocenters. The number of benzene rings is 3. The lowest BCUT2D eigenvalue weighted by atomic mass is 10.2. The zero-order valence-electron chi connectivity index (χ0n) is 16.7. The normalized spacial score (nSPS) is 10.5. The van der Waals surface area contributed by atoms with Gasteiger partial charge in [0.05, 0.1) is 13.3 Å². The Kier molecular flexibility index (Phi) is 7.61. The molecule has 158 valence electrons. The molecule has 0 radical (unpaired) electrons. The minimum absolute atomic E-state index is 0.217. The van der Waals surface area contributed by atoms with Crippen LogP contribution >= 0.6 is 11.6 Å². The van der Waals surface area contributed by atoms with E-state index < -0.39 is 0 Å². The maximum absolute atomic E-state index is 12.2. The van der Waals surface area contributed by atoms with Crippen LogP contribution in [0.4, 0.5) is 5.69 Å². The van der Waals surface area contributed by atoms with Gasteiger partial charge in [0, 0.05) is 21.8 Å². The SMILES string of the molecule is COc1ccc(NC(=O)COc2ccc(Cl)cc2C=NNC(=O)c2ccccc2)cc1. The first-order chi connectivity index (χ1) is 15.0. The molecule has 0 saturated heterocycles. The number of halogens is 1. The van der Waals surface area contributed by atoms with E-state index in [0.717, 1.165) is 0 Å². The molecular formula is C23H20ClN3O4. The second-order valence-electron chi connectivity index (χ2n) is 6.31. The van der Waals surface area contributed by atoms with E-state index in [-0.39, 0.29) is 18.4 Å².